The number of furan rings is 1. The third-order valence-corrected chi connectivity index (χ3v) is 12.2. The van der Waals surface area contributed by atoms with Gasteiger partial charge in [-0.2, -0.15) is 9.97 Å². The third-order valence-electron chi connectivity index (χ3n) is 12.2. The molecule has 0 unspecified atom stereocenters. The molecular formula is C55H33N5O. The molecule has 0 amide bonds. The molecule has 0 N–H and O–H groups in total. The summed E-state index contributed by atoms with van der Waals surface area (Å²) >= 11 is 0. The number of para-hydroxylation sites is 3. The standard InChI is InChI=1S/C55H33N5O/c1-2-13-34(14-3-1)36-25-28-43-41-19-7-10-23-48(41)60(50(43)31-36)55-57-53(56-54(58-55)45-21-12-16-35-15-4-5-17-39(35)45)37-26-29-42-40-18-6-9-22-47(40)59(49(42)32-37)38-27-30-52-46(33-38)44-20-8-11-24-51(44)61-52/h1-33H. The van der Waals surface area contributed by atoms with Crippen molar-refractivity contribution in [2.45, 2.75) is 0 Å². The van der Waals surface area contributed by atoms with E-state index in [2.05, 4.69) is 197 Å². The van der Waals surface area contributed by atoms with Crippen LogP contribution in [0.1, 0.15) is 0 Å². The van der Waals surface area contributed by atoms with Gasteiger partial charge in [0.1, 0.15) is 11.2 Å². The van der Waals surface area contributed by atoms with Crippen LogP contribution in [-0.4, -0.2) is 24.1 Å². The van der Waals surface area contributed by atoms with Crippen molar-refractivity contribution in [3.05, 3.63) is 200 Å². The Labute approximate surface area is 349 Å². The summed E-state index contributed by atoms with van der Waals surface area (Å²) in [6, 6.07) is 70.4. The lowest BCUT2D eigenvalue weighted by atomic mass is 10.0. The molecule has 4 heterocycles. The number of benzene rings is 9. The van der Waals surface area contributed by atoms with Crippen LogP contribution in [0.2, 0.25) is 0 Å². The fourth-order valence-corrected chi connectivity index (χ4v) is 9.37. The largest absolute Gasteiger partial charge is 0.456 e. The Kier molecular flexibility index (Phi) is 7.21. The monoisotopic (exact) mass is 779 g/mol. The summed E-state index contributed by atoms with van der Waals surface area (Å²) in [5, 5.41) is 8.99. The van der Waals surface area contributed by atoms with Gasteiger partial charge in [-0.3, -0.25) is 4.57 Å². The molecule has 0 aliphatic carbocycles. The van der Waals surface area contributed by atoms with Crippen molar-refractivity contribution >= 4 is 76.3 Å². The Bertz CT molecular complexity index is 3890. The number of hydrogen-bond acceptors (Lipinski definition) is 4. The van der Waals surface area contributed by atoms with Crippen LogP contribution in [0.4, 0.5) is 0 Å². The zero-order chi connectivity index (χ0) is 40.0. The number of aromatic nitrogens is 5. The molecule has 9 aromatic carbocycles. The zero-order valence-electron chi connectivity index (χ0n) is 32.7. The zero-order valence-corrected chi connectivity index (χ0v) is 32.7. The van der Waals surface area contributed by atoms with Crippen molar-refractivity contribution in [2.75, 3.05) is 0 Å². The molecule has 6 nitrogen and oxygen atoms in total. The SMILES string of the molecule is c1ccc(-c2ccc3c4ccccc4n(-c4nc(-c5ccc6c7ccccc7n(-c7ccc8oc9ccccc9c8c7)c6c5)nc(-c5cccc6ccccc56)n4)c3c2)cc1. The second-order valence-electron chi connectivity index (χ2n) is 15.6. The van der Waals surface area contributed by atoms with E-state index in [1.165, 1.54) is 5.39 Å². The maximum Gasteiger partial charge on any atom is 0.238 e. The molecule has 0 aliphatic rings. The summed E-state index contributed by atoms with van der Waals surface area (Å²) in [6.45, 7) is 0. The smallest absolute Gasteiger partial charge is 0.238 e. The first-order chi connectivity index (χ1) is 30.2. The van der Waals surface area contributed by atoms with Gasteiger partial charge in [0.2, 0.25) is 5.95 Å². The van der Waals surface area contributed by atoms with Gasteiger partial charge >= 0.3 is 0 Å². The molecule has 61 heavy (non-hydrogen) atoms. The van der Waals surface area contributed by atoms with E-state index in [4.69, 9.17) is 19.4 Å². The first-order valence-corrected chi connectivity index (χ1v) is 20.5. The second kappa shape index (κ2) is 13.1. The van der Waals surface area contributed by atoms with Gasteiger partial charge in [-0.25, -0.2) is 4.98 Å². The van der Waals surface area contributed by atoms with E-state index in [0.717, 1.165) is 98.9 Å². The predicted molar refractivity (Wildman–Crippen MR) is 250 cm³/mol. The van der Waals surface area contributed by atoms with Crippen LogP contribution in [0.3, 0.4) is 0 Å². The van der Waals surface area contributed by atoms with E-state index in [-0.39, 0.29) is 0 Å². The lowest BCUT2D eigenvalue weighted by Crippen LogP contribution is -2.06. The maximum absolute atomic E-state index is 6.24. The van der Waals surface area contributed by atoms with Gasteiger partial charge in [0.05, 0.1) is 22.1 Å². The summed E-state index contributed by atoms with van der Waals surface area (Å²) in [7, 11) is 0. The summed E-state index contributed by atoms with van der Waals surface area (Å²) in [5.74, 6) is 1.76. The molecule has 0 saturated heterocycles. The van der Waals surface area contributed by atoms with Crippen molar-refractivity contribution in [2.24, 2.45) is 0 Å². The van der Waals surface area contributed by atoms with Crippen LogP contribution in [-0.2, 0) is 0 Å². The van der Waals surface area contributed by atoms with Crippen LogP contribution in [0.25, 0.3) is 122 Å². The third kappa shape index (κ3) is 5.19. The summed E-state index contributed by atoms with van der Waals surface area (Å²) in [6.07, 6.45) is 0. The minimum atomic E-state index is 0.558. The lowest BCUT2D eigenvalue weighted by molar-refractivity contribution is 0.669. The van der Waals surface area contributed by atoms with Crippen molar-refractivity contribution < 1.29 is 4.42 Å². The van der Waals surface area contributed by atoms with Crippen LogP contribution in [0, 0.1) is 0 Å². The Hall–Kier alpha value is -8.35. The summed E-state index contributed by atoms with van der Waals surface area (Å²) in [4.78, 5) is 16.1. The maximum atomic E-state index is 6.24. The highest BCUT2D eigenvalue weighted by Gasteiger charge is 2.21. The second-order valence-corrected chi connectivity index (χ2v) is 15.6. The highest BCUT2D eigenvalue weighted by Crippen LogP contribution is 2.39. The summed E-state index contributed by atoms with van der Waals surface area (Å²) in [5.41, 5.74) is 11.2. The number of hydrogen-bond donors (Lipinski definition) is 0. The minimum Gasteiger partial charge on any atom is -0.456 e. The van der Waals surface area contributed by atoms with Crippen molar-refractivity contribution in [3.63, 3.8) is 0 Å². The first-order valence-electron chi connectivity index (χ1n) is 20.5. The van der Waals surface area contributed by atoms with Gasteiger partial charge in [0.25, 0.3) is 0 Å². The molecule has 13 aromatic rings. The van der Waals surface area contributed by atoms with Gasteiger partial charge in [-0.15, -0.1) is 0 Å². The Morgan fingerprint density at radius 2 is 0.918 bits per heavy atom. The predicted octanol–water partition coefficient (Wildman–Crippen LogP) is 14.1. The minimum absolute atomic E-state index is 0.558. The van der Waals surface area contributed by atoms with Crippen molar-refractivity contribution in [3.8, 4) is 45.5 Å². The molecule has 284 valence electrons. The average Bonchev–Trinajstić information content (AvgIpc) is 3.98. The van der Waals surface area contributed by atoms with E-state index in [1.807, 2.05) is 12.1 Å². The van der Waals surface area contributed by atoms with Crippen LogP contribution < -0.4 is 0 Å². The molecule has 0 spiro atoms. The number of rotatable bonds is 5. The quantitative estimate of drug-likeness (QED) is 0.175. The van der Waals surface area contributed by atoms with E-state index >= 15 is 0 Å². The Morgan fingerprint density at radius 1 is 0.328 bits per heavy atom. The van der Waals surface area contributed by atoms with Crippen LogP contribution in [0.5, 0.6) is 0 Å². The Morgan fingerprint density at radius 3 is 1.74 bits per heavy atom. The van der Waals surface area contributed by atoms with Crippen LogP contribution >= 0.6 is 0 Å². The molecule has 0 aliphatic heterocycles. The van der Waals surface area contributed by atoms with E-state index < -0.39 is 0 Å². The van der Waals surface area contributed by atoms with E-state index in [9.17, 15) is 0 Å². The summed E-state index contributed by atoms with van der Waals surface area (Å²) < 4.78 is 10.8. The van der Waals surface area contributed by atoms with E-state index in [0.29, 0.717) is 17.6 Å². The number of nitrogens with zero attached hydrogens (tertiary/aromatic N) is 5. The van der Waals surface area contributed by atoms with Gasteiger partial charge in [0, 0.05) is 49.1 Å². The molecule has 13 rings (SSSR count). The van der Waals surface area contributed by atoms with Crippen LogP contribution in [0.15, 0.2) is 205 Å². The topological polar surface area (TPSA) is 61.7 Å². The van der Waals surface area contributed by atoms with Crippen molar-refractivity contribution in [1.82, 2.24) is 24.1 Å². The molecule has 0 radical (unpaired) electrons. The fraction of sp³-hybridized carbons (Fsp3) is 0. The highest BCUT2D eigenvalue weighted by molar-refractivity contribution is 6.12. The molecule has 0 fully saturated rings. The Balaban J connectivity index is 1.08. The number of fused-ring (bicyclic) bond motifs is 10. The molecule has 6 heteroatoms. The fourth-order valence-electron chi connectivity index (χ4n) is 9.37. The van der Waals surface area contributed by atoms with Gasteiger partial charge in [0.15, 0.2) is 11.6 Å². The molecule has 4 aromatic heterocycles. The van der Waals surface area contributed by atoms with Gasteiger partial charge in [-0.1, -0.05) is 152 Å². The molecular weight excluding hydrogens is 747 g/mol. The first kappa shape index (κ1) is 33.6. The molecule has 0 saturated carbocycles. The van der Waals surface area contributed by atoms with E-state index in [1.54, 1.807) is 0 Å². The lowest BCUT2D eigenvalue weighted by Gasteiger charge is -2.13. The highest BCUT2D eigenvalue weighted by atomic mass is 16.3. The molecule has 0 bridgehead atoms. The van der Waals surface area contributed by atoms with Gasteiger partial charge < -0.3 is 8.98 Å². The van der Waals surface area contributed by atoms with Gasteiger partial charge in [-0.05, 0) is 70.4 Å². The average molecular weight is 780 g/mol. The molecule has 0 atom stereocenters. The van der Waals surface area contributed by atoms with Crippen molar-refractivity contribution in [1.29, 1.82) is 0 Å². The normalized spacial score (nSPS) is 11.9.